The van der Waals surface area contributed by atoms with Gasteiger partial charge in [0.25, 0.3) is 0 Å². The van der Waals surface area contributed by atoms with E-state index < -0.39 is 16.9 Å². The van der Waals surface area contributed by atoms with Gasteiger partial charge in [0.1, 0.15) is 0 Å². The van der Waals surface area contributed by atoms with Crippen LogP contribution in [0.15, 0.2) is 54.6 Å². The maximum absolute atomic E-state index is 12.8. The summed E-state index contributed by atoms with van der Waals surface area (Å²) in [6.07, 6.45) is 1.34. The number of rotatable bonds is 6. The van der Waals surface area contributed by atoms with Crippen LogP contribution in [0.3, 0.4) is 0 Å². The number of hydrogen-bond donors (Lipinski definition) is 0. The Morgan fingerprint density at radius 3 is 2.54 bits per heavy atom. The van der Waals surface area contributed by atoms with Crippen LogP contribution in [0.1, 0.15) is 18.4 Å². The molecule has 0 aliphatic carbocycles. The van der Waals surface area contributed by atoms with Crippen molar-refractivity contribution in [3.63, 3.8) is 0 Å². The second kappa shape index (κ2) is 7.73. The van der Waals surface area contributed by atoms with Gasteiger partial charge in [-0.2, -0.15) is 0 Å². The van der Waals surface area contributed by atoms with Gasteiger partial charge in [-0.05, 0) is 0 Å². The summed E-state index contributed by atoms with van der Waals surface area (Å²) >= 11 is 0.0654. The van der Waals surface area contributed by atoms with Gasteiger partial charge in [0.2, 0.25) is 0 Å². The molecule has 0 radical (unpaired) electrons. The summed E-state index contributed by atoms with van der Waals surface area (Å²) in [7, 11) is 0. The fourth-order valence-corrected chi connectivity index (χ4v) is 6.50. The van der Waals surface area contributed by atoms with Crippen LogP contribution in [0.2, 0.25) is 4.82 Å². The van der Waals surface area contributed by atoms with Crippen LogP contribution < -0.4 is 4.46 Å². The number of nitro groups is 1. The molecule has 2 heterocycles. The zero-order valence-electron chi connectivity index (χ0n) is 14.9. The molecule has 0 aromatic heterocycles. The Bertz CT molecular complexity index is 903. The first-order chi connectivity index (χ1) is 13.5. The number of non-ortho nitro benzene ring substituents is 1. The Morgan fingerprint density at radius 2 is 1.89 bits per heavy atom. The molecule has 144 valence electrons. The zero-order chi connectivity index (χ0) is 19.7. The van der Waals surface area contributed by atoms with Crippen molar-refractivity contribution in [3.8, 4) is 0 Å². The Labute approximate surface area is 168 Å². The molecule has 0 N–H and O–H groups in total. The van der Waals surface area contributed by atoms with E-state index in [1.165, 1.54) is 16.6 Å². The van der Waals surface area contributed by atoms with Gasteiger partial charge >= 0.3 is 168 Å². The third-order valence-electron chi connectivity index (χ3n) is 5.05. The number of nitro benzene ring substituents is 1. The fraction of sp³-hybridized carbons (Fsp3) is 0.300. The second-order valence-electron chi connectivity index (χ2n) is 6.84. The van der Waals surface area contributed by atoms with Gasteiger partial charge in [0.15, 0.2) is 0 Å². The van der Waals surface area contributed by atoms with Crippen LogP contribution in [0, 0.1) is 10.1 Å². The number of benzene rings is 2. The van der Waals surface area contributed by atoms with Crippen LogP contribution in [-0.2, 0) is 20.9 Å². The van der Waals surface area contributed by atoms with Crippen molar-refractivity contribution in [1.29, 1.82) is 0 Å². The van der Waals surface area contributed by atoms with Crippen LogP contribution >= 0.6 is 0 Å². The number of ether oxygens (including phenoxy) is 1. The van der Waals surface area contributed by atoms with E-state index in [9.17, 15) is 19.7 Å². The maximum atomic E-state index is 12.8. The van der Waals surface area contributed by atoms with Crippen molar-refractivity contribution >= 4 is 37.0 Å². The third kappa shape index (κ3) is 3.66. The summed E-state index contributed by atoms with van der Waals surface area (Å²) in [6.45, 7) is 0.0328. The molecule has 7 nitrogen and oxygen atoms in total. The molecule has 28 heavy (non-hydrogen) atoms. The average molecular weight is 445 g/mol. The number of nitrogens with zero attached hydrogens (tertiary/aromatic N) is 2. The number of carbonyl (C=O) groups excluding carboxylic acids is 2. The summed E-state index contributed by atoms with van der Waals surface area (Å²) in [5, 5.41) is 10.7. The molecule has 3 atom stereocenters. The van der Waals surface area contributed by atoms with Gasteiger partial charge in [-0.25, -0.2) is 0 Å². The molecule has 4 rings (SSSR count). The molecule has 0 bridgehead atoms. The van der Waals surface area contributed by atoms with Crippen LogP contribution in [0.5, 0.6) is 0 Å². The van der Waals surface area contributed by atoms with E-state index in [1.54, 1.807) is 17.0 Å². The molecule has 0 unspecified atom stereocenters. The summed E-state index contributed by atoms with van der Waals surface area (Å²) in [4.78, 5) is 36.9. The Hall–Kier alpha value is -2.70. The van der Waals surface area contributed by atoms with Crippen LogP contribution in [0.4, 0.5) is 5.69 Å². The Balaban J connectivity index is 1.44. The van der Waals surface area contributed by atoms with E-state index in [0.717, 1.165) is 6.42 Å². The minimum absolute atomic E-state index is 0.00801. The summed E-state index contributed by atoms with van der Waals surface area (Å²) in [5.74, 6) is -0.384. The van der Waals surface area contributed by atoms with E-state index in [2.05, 4.69) is 12.1 Å². The van der Waals surface area contributed by atoms with E-state index in [4.69, 9.17) is 4.74 Å². The number of hydrogen-bond acceptors (Lipinski definition) is 5. The van der Waals surface area contributed by atoms with Crippen LogP contribution in [-0.4, -0.2) is 48.7 Å². The van der Waals surface area contributed by atoms with Crippen molar-refractivity contribution in [3.05, 3.63) is 70.3 Å². The predicted octanol–water partition coefficient (Wildman–Crippen LogP) is 1.83. The van der Waals surface area contributed by atoms with E-state index >= 15 is 0 Å². The predicted molar refractivity (Wildman–Crippen MR) is 102 cm³/mol. The number of fused-ring (bicyclic) bond motifs is 1. The standard InChI is InChI=1S/C20H18N2O5Se/c23-18-11-15-10-17(28-16-4-2-1-3-5-16)19(21(15)18)20(24)27-12-13-6-8-14(9-7-13)22(25)26/h1-9,15,17,19H,10-12H2/t15-,17-,19-/m1/s1. The van der Waals surface area contributed by atoms with Crippen molar-refractivity contribution in [1.82, 2.24) is 4.90 Å². The quantitative estimate of drug-likeness (QED) is 0.223. The van der Waals surface area contributed by atoms with Gasteiger partial charge in [0.05, 0.1) is 0 Å². The Morgan fingerprint density at radius 1 is 1.18 bits per heavy atom. The number of β-lactam (4-membered cyclic amide) rings is 1. The SMILES string of the molecule is O=C(OCc1ccc([N+](=O)[O-])cc1)[C@H]1[C@H]([Se]c2ccccc2)C[C@@H]2CC(=O)N21. The monoisotopic (exact) mass is 446 g/mol. The topological polar surface area (TPSA) is 89.7 Å². The zero-order valence-corrected chi connectivity index (χ0v) is 16.6. The van der Waals surface area contributed by atoms with Crippen molar-refractivity contribution in [2.75, 3.05) is 0 Å². The van der Waals surface area contributed by atoms with Crippen molar-refractivity contribution in [2.45, 2.75) is 36.3 Å². The fourth-order valence-electron chi connectivity index (χ4n) is 3.66. The molecule has 2 aliphatic rings. The van der Waals surface area contributed by atoms with E-state index in [1.807, 2.05) is 18.2 Å². The molecule has 2 aromatic carbocycles. The first-order valence-corrected chi connectivity index (χ1v) is 10.8. The van der Waals surface area contributed by atoms with Crippen LogP contribution in [0.25, 0.3) is 0 Å². The number of carbonyl (C=O) groups is 2. The van der Waals surface area contributed by atoms with Gasteiger partial charge in [-0.3, -0.25) is 0 Å². The minimum atomic E-state index is -0.537. The molecule has 2 fully saturated rings. The first-order valence-electron chi connectivity index (χ1n) is 8.96. The van der Waals surface area contributed by atoms with E-state index in [-0.39, 0.29) is 44.0 Å². The molecule has 0 saturated carbocycles. The molecular weight excluding hydrogens is 427 g/mol. The van der Waals surface area contributed by atoms with Gasteiger partial charge < -0.3 is 0 Å². The molecular formula is C20H18N2O5Se. The summed E-state index contributed by atoms with van der Waals surface area (Å²) in [5.41, 5.74) is 0.666. The molecule has 1 amide bonds. The van der Waals surface area contributed by atoms with Gasteiger partial charge in [-0.1, -0.05) is 0 Å². The molecule has 2 saturated heterocycles. The van der Waals surface area contributed by atoms with Crippen molar-refractivity contribution in [2.24, 2.45) is 0 Å². The summed E-state index contributed by atoms with van der Waals surface area (Å²) < 4.78 is 6.69. The van der Waals surface area contributed by atoms with Gasteiger partial charge in [0, 0.05) is 0 Å². The Kier molecular flexibility index (Phi) is 5.15. The molecule has 8 heteroatoms. The van der Waals surface area contributed by atoms with Crippen molar-refractivity contribution < 1.29 is 19.2 Å². The number of amides is 1. The molecule has 2 aliphatic heterocycles. The first kappa shape index (κ1) is 18.7. The second-order valence-corrected chi connectivity index (χ2v) is 9.59. The molecule has 0 spiro atoms. The van der Waals surface area contributed by atoms with E-state index in [0.29, 0.717) is 12.0 Å². The third-order valence-corrected chi connectivity index (χ3v) is 7.77. The normalized spacial score (nSPS) is 23.1. The average Bonchev–Trinajstić information content (AvgIpc) is 2.99. The number of esters is 1. The van der Waals surface area contributed by atoms with Gasteiger partial charge in [-0.15, -0.1) is 0 Å². The summed E-state index contributed by atoms with van der Waals surface area (Å²) in [6, 6.07) is 15.5. The molecule has 2 aromatic rings.